The van der Waals surface area contributed by atoms with E-state index in [1.165, 1.54) is 24.3 Å². The lowest BCUT2D eigenvalue weighted by Gasteiger charge is -2.19. The van der Waals surface area contributed by atoms with E-state index in [0.29, 0.717) is 10.8 Å². The van der Waals surface area contributed by atoms with Gasteiger partial charge in [-0.05, 0) is 68.1 Å². The van der Waals surface area contributed by atoms with Crippen molar-refractivity contribution >= 4 is 47.3 Å². The zero-order chi connectivity index (χ0) is 24.1. The second-order valence-electron chi connectivity index (χ2n) is 8.03. The summed E-state index contributed by atoms with van der Waals surface area (Å²) in [6.07, 6.45) is 0. The zero-order valence-electron chi connectivity index (χ0n) is 17.7. The molecule has 34 heavy (non-hydrogen) atoms. The van der Waals surface area contributed by atoms with Gasteiger partial charge in [-0.3, -0.25) is 9.13 Å². The summed E-state index contributed by atoms with van der Waals surface area (Å²) >= 11 is 0. The fraction of sp³-hybridized carbons (Fsp3) is 0. The van der Waals surface area contributed by atoms with E-state index in [-0.39, 0.29) is 10.6 Å². The van der Waals surface area contributed by atoms with Crippen molar-refractivity contribution in [2.24, 2.45) is 0 Å². The van der Waals surface area contributed by atoms with E-state index < -0.39 is 15.2 Å². The van der Waals surface area contributed by atoms with Gasteiger partial charge in [-0.2, -0.15) is 0 Å². The highest BCUT2D eigenvalue weighted by molar-refractivity contribution is 7.60. The Hall–Kier alpha value is -3.08. The minimum Gasteiger partial charge on any atom is -0.321 e. The molecule has 0 aliphatic rings. The van der Waals surface area contributed by atoms with Gasteiger partial charge in [-0.25, -0.2) is 0 Å². The fourth-order valence-electron chi connectivity index (χ4n) is 4.40. The molecule has 5 rings (SSSR count). The van der Waals surface area contributed by atoms with E-state index in [2.05, 4.69) is 0 Å². The van der Waals surface area contributed by atoms with Crippen LogP contribution in [-0.4, -0.2) is 19.6 Å². The number of benzene rings is 5. The molecule has 0 radical (unpaired) electrons. The maximum atomic E-state index is 12.1. The Morgan fingerprint density at radius 3 is 1.12 bits per heavy atom. The lowest BCUT2D eigenvalue weighted by atomic mass is 9.86. The largest absolute Gasteiger partial charge is 0.356 e. The SMILES string of the molecule is O=P(O)(O)c1ccc2c(-c3ccccc3)c3cc(P(=O)(O)O)ccc3c(-c3ccccc3)c2c1. The van der Waals surface area contributed by atoms with Crippen molar-refractivity contribution in [3.05, 3.63) is 97.1 Å². The van der Waals surface area contributed by atoms with Gasteiger partial charge in [0.1, 0.15) is 0 Å². The van der Waals surface area contributed by atoms with Crippen LogP contribution in [0.25, 0.3) is 43.8 Å². The highest BCUT2D eigenvalue weighted by Crippen LogP contribution is 2.46. The van der Waals surface area contributed by atoms with E-state index in [1.807, 2.05) is 60.7 Å². The van der Waals surface area contributed by atoms with Gasteiger partial charge >= 0.3 is 15.2 Å². The van der Waals surface area contributed by atoms with Crippen molar-refractivity contribution in [1.82, 2.24) is 0 Å². The van der Waals surface area contributed by atoms with Crippen LogP contribution in [0.5, 0.6) is 0 Å². The van der Waals surface area contributed by atoms with Crippen LogP contribution in [0.1, 0.15) is 0 Å². The first-order chi connectivity index (χ1) is 16.1. The van der Waals surface area contributed by atoms with E-state index in [1.54, 1.807) is 12.1 Å². The Bertz CT molecular complexity index is 1510. The summed E-state index contributed by atoms with van der Waals surface area (Å²) in [6.45, 7) is 0. The third-order valence-electron chi connectivity index (χ3n) is 5.88. The quantitative estimate of drug-likeness (QED) is 0.210. The molecule has 5 aromatic rings. The predicted octanol–water partition coefficient (Wildman–Crippen LogP) is 4.93. The smallest absolute Gasteiger partial charge is 0.321 e. The Labute approximate surface area is 195 Å². The lowest BCUT2D eigenvalue weighted by molar-refractivity contribution is 0.385. The molecule has 0 fully saturated rings. The molecule has 0 atom stereocenters. The molecule has 8 heteroatoms. The lowest BCUT2D eigenvalue weighted by Crippen LogP contribution is -2.06. The molecule has 0 aliphatic carbocycles. The summed E-state index contributed by atoms with van der Waals surface area (Å²) in [7, 11) is -9.03. The van der Waals surface area contributed by atoms with E-state index in [4.69, 9.17) is 0 Å². The van der Waals surface area contributed by atoms with Crippen LogP contribution in [0.3, 0.4) is 0 Å². The summed E-state index contributed by atoms with van der Waals surface area (Å²) in [4.78, 5) is 39.4. The van der Waals surface area contributed by atoms with Gasteiger partial charge < -0.3 is 19.6 Å². The van der Waals surface area contributed by atoms with Crippen LogP contribution < -0.4 is 10.6 Å². The highest BCUT2D eigenvalue weighted by Gasteiger charge is 2.24. The average Bonchev–Trinajstić information content (AvgIpc) is 2.81. The molecule has 0 bridgehead atoms. The molecule has 5 aromatic carbocycles. The van der Waals surface area contributed by atoms with Gasteiger partial charge in [0, 0.05) is 0 Å². The topological polar surface area (TPSA) is 115 Å². The first-order valence-corrected chi connectivity index (χ1v) is 13.6. The summed E-state index contributed by atoms with van der Waals surface area (Å²) in [5.41, 5.74) is 3.11. The maximum absolute atomic E-state index is 12.1. The Morgan fingerprint density at radius 1 is 0.441 bits per heavy atom. The normalized spacial score (nSPS) is 12.4. The van der Waals surface area contributed by atoms with Crippen LogP contribution in [0.15, 0.2) is 97.1 Å². The second-order valence-corrected chi connectivity index (χ2v) is 11.2. The maximum Gasteiger partial charge on any atom is 0.356 e. The Kier molecular flexibility index (Phi) is 5.54. The average molecular weight is 490 g/mol. The molecule has 0 saturated carbocycles. The second kappa shape index (κ2) is 8.30. The minimum atomic E-state index is -4.51. The Morgan fingerprint density at radius 2 is 0.794 bits per heavy atom. The molecule has 0 aromatic heterocycles. The molecule has 170 valence electrons. The van der Waals surface area contributed by atoms with Crippen molar-refractivity contribution in [3.63, 3.8) is 0 Å². The summed E-state index contributed by atoms with van der Waals surface area (Å²) < 4.78 is 24.2. The number of hydrogen-bond acceptors (Lipinski definition) is 2. The molecule has 0 spiro atoms. The molecule has 4 N–H and O–H groups in total. The summed E-state index contributed by atoms with van der Waals surface area (Å²) in [6, 6.07) is 28.0. The van der Waals surface area contributed by atoms with Crippen LogP contribution in [0.4, 0.5) is 0 Å². The van der Waals surface area contributed by atoms with Crippen molar-refractivity contribution in [3.8, 4) is 22.3 Å². The zero-order valence-corrected chi connectivity index (χ0v) is 19.5. The predicted molar refractivity (Wildman–Crippen MR) is 136 cm³/mol. The third-order valence-corrected chi connectivity index (χ3v) is 7.78. The molecule has 0 amide bonds. The molecule has 0 unspecified atom stereocenters. The van der Waals surface area contributed by atoms with Crippen LogP contribution in [0, 0.1) is 0 Å². The summed E-state index contributed by atoms with van der Waals surface area (Å²) in [5.74, 6) is 0. The van der Waals surface area contributed by atoms with Crippen LogP contribution >= 0.6 is 15.2 Å². The van der Waals surface area contributed by atoms with Gasteiger partial charge in [0.25, 0.3) is 0 Å². The minimum absolute atomic E-state index is 0.0950. The van der Waals surface area contributed by atoms with Gasteiger partial charge in [0.15, 0.2) is 0 Å². The van der Waals surface area contributed by atoms with Crippen molar-refractivity contribution in [2.45, 2.75) is 0 Å². The molecule has 0 heterocycles. The van der Waals surface area contributed by atoms with E-state index in [9.17, 15) is 28.7 Å². The molecule has 0 aliphatic heterocycles. The van der Waals surface area contributed by atoms with E-state index >= 15 is 0 Å². The first-order valence-electron chi connectivity index (χ1n) is 10.4. The van der Waals surface area contributed by atoms with Crippen LogP contribution in [-0.2, 0) is 9.13 Å². The number of fused-ring (bicyclic) bond motifs is 2. The van der Waals surface area contributed by atoms with Gasteiger partial charge in [-0.15, -0.1) is 0 Å². The van der Waals surface area contributed by atoms with Gasteiger partial charge in [0.2, 0.25) is 0 Å². The fourth-order valence-corrected chi connectivity index (χ4v) is 5.53. The number of hydrogen-bond donors (Lipinski definition) is 4. The first kappa shape index (κ1) is 22.7. The molecule has 0 saturated heterocycles. The van der Waals surface area contributed by atoms with Gasteiger partial charge in [0.05, 0.1) is 10.6 Å². The van der Waals surface area contributed by atoms with E-state index in [0.717, 1.165) is 33.0 Å². The highest BCUT2D eigenvalue weighted by atomic mass is 31.2. The summed E-state index contributed by atoms with van der Waals surface area (Å²) in [5, 5.41) is 2.53. The van der Waals surface area contributed by atoms with Crippen LogP contribution in [0.2, 0.25) is 0 Å². The Balaban J connectivity index is 2.05. The third kappa shape index (κ3) is 4.02. The standard InChI is InChI=1S/C26H20O6P2/c27-33(28,29)19-12-14-22-23(15-19)25(17-7-3-1-4-8-17)21-13-11-20(34(30,31)32)16-24(21)26(22)18-9-5-2-6-10-18/h1-16H,(H2,27,28,29)(H2,30,31,32). The van der Waals surface area contributed by atoms with Crippen molar-refractivity contribution in [1.29, 1.82) is 0 Å². The molecule has 6 nitrogen and oxygen atoms in total. The molecular formula is C26H20O6P2. The molecular weight excluding hydrogens is 470 g/mol. The number of rotatable bonds is 4. The van der Waals surface area contributed by atoms with Gasteiger partial charge in [-0.1, -0.05) is 72.8 Å². The van der Waals surface area contributed by atoms with Crippen molar-refractivity contribution in [2.75, 3.05) is 0 Å². The van der Waals surface area contributed by atoms with Crippen molar-refractivity contribution < 1.29 is 28.7 Å². The monoisotopic (exact) mass is 490 g/mol.